The molecule has 1 unspecified atom stereocenters. The summed E-state index contributed by atoms with van der Waals surface area (Å²) in [5.74, 6) is 0.742. The smallest absolute Gasteiger partial charge is 0.319 e. The molecule has 0 radical (unpaired) electrons. The first kappa shape index (κ1) is 50.8. The van der Waals surface area contributed by atoms with Crippen molar-refractivity contribution >= 4 is 50.3 Å². The van der Waals surface area contributed by atoms with E-state index in [1.807, 2.05) is 43.9 Å². The minimum absolute atomic E-state index is 0.0608. The van der Waals surface area contributed by atoms with Gasteiger partial charge in [-0.1, -0.05) is 32.4 Å². The molecule has 5 atom stereocenters. The molecule has 0 bridgehead atoms. The van der Waals surface area contributed by atoms with Gasteiger partial charge in [-0.15, -0.1) is 6.42 Å². The van der Waals surface area contributed by atoms with Gasteiger partial charge in [-0.2, -0.15) is 9.97 Å². The fourth-order valence-corrected chi connectivity index (χ4v) is 12.8. The molecule has 18 heteroatoms. The average Bonchev–Trinajstić information content (AvgIpc) is 4.27. The third kappa shape index (κ3) is 7.94. The van der Waals surface area contributed by atoms with E-state index in [2.05, 4.69) is 34.3 Å². The van der Waals surface area contributed by atoms with Crippen LogP contribution in [0.4, 0.5) is 19.0 Å². The maximum Gasteiger partial charge on any atom is 0.319 e. The number of terminal acetylenes is 1. The van der Waals surface area contributed by atoms with Gasteiger partial charge in [0, 0.05) is 72.3 Å². The second-order valence-corrected chi connectivity index (χ2v) is 21.6. The molecule has 3 fully saturated rings. The number of phenolic OH excluding ortho intramolecular Hbond substituents is 1. The van der Waals surface area contributed by atoms with Crippen molar-refractivity contribution in [3.8, 4) is 52.5 Å². The van der Waals surface area contributed by atoms with E-state index < -0.39 is 34.9 Å². The van der Waals surface area contributed by atoms with Crippen LogP contribution in [0.2, 0.25) is 0 Å². The van der Waals surface area contributed by atoms with Crippen molar-refractivity contribution in [2.45, 2.75) is 109 Å². The van der Waals surface area contributed by atoms with E-state index in [9.17, 15) is 23.9 Å². The number of fused-ring (bicyclic) bond motifs is 8. The quantitative estimate of drug-likeness (QED) is 0.0743. The molecule has 3 aromatic carbocycles. The molecular weight excluding hydrogens is 1000 g/mol. The molecule has 78 heavy (non-hydrogen) atoms. The summed E-state index contributed by atoms with van der Waals surface area (Å²) in [4.78, 5) is 66.1. The molecule has 7 aromatic rings. The Hall–Kier alpha value is -8.04. The number of piperazine rings is 1. The Balaban J connectivity index is 0.806. The monoisotopic (exact) mass is 1060 g/mol. The summed E-state index contributed by atoms with van der Waals surface area (Å²) in [6, 6.07) is 12.3. The lowest BCUT2D eigenvalue weighted by Crippen LogP contribution is -2.55. The van der Waals surface area contributed by atoms with Crippen LogP contribution in [-0.4, -0.2) is 114 Å². The van der Waals surface area contributed by atoms with Gasteiger partial charge in [0.05, 0.1) is 50.9 Å². The number of rotatable bonds is 11. The molecule has 1 amide bonds. The van der Waals surface area contributed by atoms with Crippen LogP contribution in [0.3, 0.4) is 0 Å². The van der Waals surface area contributed by atoms with Gasteiger partial charge in [0.25, 0.3) is 11.5 Å². The van der Waals surface area contributed by atoms with Crippen LogP contribution in [0, 0.1) is 24.0 Å². The molecule has 3 saturated heterocycles. The number of cyclic esters (lactones) is 1. The Labute approximate surface area is 447 Å². The summed E-state index contributed by atoms with van der Waals surface area (Å²) in [5.41, 5.74) is 3.33. The molecule has 9 heterocycles. The number of phenols is 1. The number of ether oxygens (including phenoxy) is 3. The van der Waals surface area contributed by atoms with Crippen molar-refractivity contribution in [1.82, 2.24) is 34.3 Å². The number of esters is 1. The van der Waals surface area contributed by atoms with Gasteiger partial charge in [0.2, 0.25) is 0 Å². The third-order valence-corrected chi connectivity index (χ3v) is 17.2. The zero-order chi connectivity index (χ0) is 54.7. The summed E-state index contributed by atoms with van der Waals surface area (Å²) < 4.78 is 67.4. The zero-order valence-electron chi connectivity index (χ0n) is 44.0. The van der Waals surface area contributed by atoms with Crippen LogP contribution < -0.4 is 19.9 Å². The van der Waals surface area contributed by atoms with E-state index in [1.54, 1.807) is 22.5 Å². The van der Waals surface area contributed by atoms with E-state index in [0.29, 0.717) is 77.3 Å². The first-order valence-corrected chi connectivity index (χ1v) is 26.6. The van der Waals surface area contributed by atoms with Crippen molar-refractivity contribution in [2.24, 2.45) is 0 Å². The number of benzene rings is 3. The highest BCUT2D eigenvalue weighted by molar-refractivity contribution is 6.03. The predicted octanol–water partition coefficient (Wildman–Crippen LogP) is 8.85. The van der Waals surface area contributed by atoms with E-state index in [1.165, 1.54) is 30.5 Å². The van der Waals surface area contributed by atoms with Gasteiger partial charge in [-0.3, -0.25) is 24.3 Å². The highest BCUT2D eigenvalue weighted by Gasteiger charge is 2.50. The number of nitrogens with zero attached hydrogens (tertiary/aromatic N) is 8. The number of aryl methyl sites for hydroxylation is 1. The first-order chi connectivity index (χ1) is 37.4. The topological polar surface area (TPSA) is 165 Å². The number of pyridine rings is 3. The Kier molecular flexibility index (Phi) is 12.3. The largest absolute Gasteiger partial charge is 0.508 e. The Bertz CT molecular complexity index is 3860. The third-order valence-electron chi connectivity index (χ3n) is 17.2. The second-order valence-electron chi connectivity index (χ2n) is 21.6. The number of carbonyl (C=O) groups excluding carboxylic acids is 2. The number of carbonyl (C=O) groups is 2. The molecule has 5 aliphatic heterocycles. The van der Waals surface area contributed by atoms with E-state index in [-0.39, 0.29) is 107 Å². The number of halogens is 3. The number of aromatic hydroxyl groups is 1. The Morgan fingerprint density at radius 1 is 1.03 bits per heavy atom. The Morgan fingerprint density at radius 3 is 2.62 bits per heavy atom. The number of anilines is 1. The number of alkyl halides is 1. The lowest BCUT2D eigenvalue weighted by atomic mass is 9.76. The highest BCUT2D eigenvalue weighted by atomic mass is 19.1. The number of hydrogen-bond donors (Lipinski definition) is 1. The van der Waals surface area contributed by atoms with E-state index >= 15 is 8.78 Å². The van der Waals surface area contributed by atoms with Gasteiger partial charge in [-0.25, -0.2) is 18.2 Å². The standard InChI is InChI=1S/C60H57F3N8O7/c1-8-38-40-22-37(13-15-47(40)65-51-43(38)28-71-48(51)23-45-44(56(71)74)29-76-57(75)59(45,7)10-3)78-33(6)32(5)55(73)68-18-19-70(31(4)26-68)54-42-25-64-52(41-21-36(72)20-34-12-14-46(62)39(9-2)49(34)41)50(63)53(42)66-58(67-54)77-30-60-16-11-17-69(60)27-35(61)24-60/h2,12-15,20-23,25,31,33,35,72H,5,8,10-11,16-19,24,26-30H2,1,3-4,6-7H3/t31-,33?,35+,59+,60-/m0/s1. The number of amides is 1. The molecule has 1 N–H and O–H groups in total. The van der Waals surface area contributed by atoms with E-state index in [0.717, 1.165) is 35.9 Å². The van der Waals surface area contributed by atoms with Crippen LogP contribution in [0.5, 0.6) is 17.5 Å². The maximum absolute atomic E-state index is 17.4. The summed E-state index contributed by atoms with van der Waals surface area (Å²) in [6.45, 7) is 15.8. The summed E-state index contributed by atoms with van der Waals surface area (Å²) in [5, 5.41) is 12.4. The minimum atomic E-state index is -1.01. The van der Waals surface area contributed by atoms with Crippen LogP contribution in [0.25, 0.3) is 55.2 Å². The maximum atomic E-state index is 17.4. The number of aromatic nitrogens is 5. The molecule has 0 aliphatic carbocycles. The van der Waals surface area contributed by atoms with Gasteiger partial charge in [0.1, 0.15) is 59.8 Å². The molecule has 15 nitrogen and oxygen atoms in total. The first-order valence-electron chi connectivity index (χ1n) is 26.6. The molecule has 400 valence electrons. The van der Waals surface area contributed by atoms with Crippen molar-refractivity contribution in [2.75, 3.05) is 44.2 Å². The van der Waals surface area contributed by atoms with Crippen LogP contribution >= 0.6 is 0 Å². The predicted molar refractivity (Wildman–Crippen MR) is 288 cm³/mol. The van der Waals surface area contributed by atoms with E-state index in [4.69, 9.17) is 30.6 Å². The number of hydrogen-bond acceptors (Lipinski definition) is 13. The molecular formula is C60H57F3N8O7. The summed E-state index contributed by atoms with van der Waals surface area (Å²) in [6.07, 6.45) is 8.48. The van der Waals surface area contributed by atoms with Crippen molar-refractivity contribution < 1.29 is 42.1 Å². The zero-order valence-corrected chi connectivity index (χ0v) is 44.0. The summed E-state index contributed by atoms with van der Waals surface area (Å²) >= 11 is 0. The van der Waals surface area contributed by atoms with Gasteiger partial charge >= 0.3 is 12.0 Å². The van der Waals surface area contributed by atoms with Gasteiger partial charge < -0.3 is 33.7 Å². The lowest BCUT2D eigenvalue weighted by molar-refractivity contribution is -0.153. The molecule has 5 aliphatic rings. The second kappa shape index (κ2) is 18.9. The molecule has 0 spiro atoms. The van der Waals surface area contributed by atoms with Crippen LogP contribution in [0.1, 0.15) is 88.1 Å². The average molecular weight is 1060 g/mol. The van der Waals surface area contributed by atoms with Crippen molar-refractivity contribution in [3.05, 3.63) is 117 Å². The van der Waals surface area contributed by atoms with Gasteiger partial charge in [0.15, 0.2) is 5.82 Å². The fourth-order valence-electron chi connectivity index (χ4n) is 12.8. The molecule has 4 aromatic heterocycles. The highest BCUT2D eigenvalue weighted by Crippen LogP contribution is 2.44. The molecule has 12 rings (SSSR count). The van der Waals surface area contributed by atoms with Crippen LogP contribution in [0.15, 0.2) is 71.7 Å². The van der Waals surface area contributed by atoms with Gasteiger partial charge in [-0.05, 0) is 112 Å². The minimum Gasteiger partial charge on any atom is -0.508 e. The van der Waals surface area contributed by atoms with Crippen LogP contribution in [-0.2, 0) is 39.3 Å². The normalized spacial score (nSPS) is 22.0. The SMILES string of the molecule is C#Cc1c(F)ccc2cc(O)cc(-c3ncc4c(N5CCN(C(=O)C(=C)C(C)Oc6ccc7nc8c(c(CC)c7c6)Cn6c-8cc7c(c6=O)COC(=O)[C@]7(C)CC)C[C@@H]5C)nc(OC[C@@]56CCCN5C[C@H](F)C6)nc4c3F)c12. The Morgan fingerprint density at radius 2 is 1.85 bits per heavy atom. The fraction of sp³-hybridized carbons (Fsp3) is 0.383. The molecule has 0 saturated carbocycles. The summed E-state index contributed by atoms with van der Waals surface area (Å²) in [7, 11) is 0. The van der Waals surface area contributed by atoms with Crippen molar-refractivity contribution in [1.29, 1.82) is 0 Å². The van der Waals surface area contributed by atoms with Crippen molar-refractivity contribution in [3.63, 3.8) is 0 Å². The lowest BCUT2D eigenvalue weighted by Gasteiger charge is -2.41.